The van der Waals surface area contributed by atoms with Crippen LogP contribution in [0.25, 0.3) is 6.08 Å². The molecule has 3 heterocycles. The van der Waals surface area contributed by atoms with Gasteiger partial charge in [-0.25, -0.2) is 8.42 Å². The van der Waals surface area contributed by atoms with E-state index in [2.05, 4.69) is 20.5 Å². The molecule has 4 rings (SSSR count). The average Bonchev–Trinajstić information content (AvgIpc) is 3.30. The van der Waals surface area contributed by atoms with Crippen molar-refractivity contribution in [3.8, 4) is 0 Å². The lowest BCUT2D eigenvalue weighted by molar-refractivity contribution is -0.111. The summed E-state index contributed by atoms with van der Waals surface area (Å²) in [6.45, 7) is 2.09. The Bertz CT molecular complexity index is 1190. The summed E-state index contributed by atoms with van der Waals surface area (Å²) in [6, 6.07) is 10.5. The first-order chi connectivity index (χ1) is 13.9. The minimum absolute atomic E-state index is 0.143. The molecule has 1 aromatic carbocycles. The lowest BCUT2D eigenvalue weighted by atomic mass is 10.2. The van der Waals surface area contributed by atoms with Crippen LogP contribution < -0.4 is 5.32 Å². The van der Waals surface area contributed by atoms with Crippen molar-refractivity contribution in [3.63, 3.8) is 0 Å². The molecular formula is C20H19N5O3S. The van der Waals surface area contributed by atoms with Gasteiger partial charge in [0.1, 0.15) is 0 Å². The highest BCUT2D eigenvalue weighted by Gasteiger charge is 2.34. The maximum Gasteiger partial charge on any atom is 0.249 e. The van der Waals surface area contributed by atoms with Crippen molar-refractivity contribution >= 4 is 27.8 Å². The number of benzene rings is 1. The second-order valence-corrected chi connectivity index (χ2v) is 8.58. The van der Waals surface area contributed by atoms with E-state index in [9.17, 15) is 13.2 Å². The van der Waals surface area contributed by atoms with Crippen molar-refractivity contribution in [2.24, 2.45) is 0 Å². The van der Waals surface area contributed by atoms with Gasteiger partial charge in [0.15, 0.2) is 5.82 Å². The Balaban J connectivity index is 1.49. The quantitative estimate of drug-likeness (QED) is 0.630. The summed E-state index contributed by atoms with van der Waals surface area (Å²) in [7, 11) is -3.65. The van der Waals surface area contributed by atoms with Crippen LogP contribution in [0.2, 0.25) is 0 Å². The molecule has 1 amide bonds. The van der Waals surface area contributed by atoms with Gasteiger partial charge in [-0.15, -0.1) is 0 Å². The number of carbonyl (C=O) groups is 1. The number of nitrogens with one attached hydrogen (secondary N) is 2. The number of H-pyrrole nitrogens is 1. The summed E-state index contributed by atoms with van der Waals surface area (Å²) in [5, 5.41) is 9.65. The molecule has 3 aromatic rings. The lowest BCUT2D eigenvalue weighted by Gasteiger charge is -2.17. The topological polar surface area (TPSA) is 108 Å². The Labute approximate surface area is 168 Å². The van der Waals surface area contributed by atoms with Gasteiger partial charge in [0.25, 0.3) is 0 Å². The summed E-state index contributed by atoms with van der Waals surface area (Å²) in [5.74, 6) is -0.0216. The Hall–Kier alpha value is -3.30. The summed E-state index contributed by atoms with van der Waals surface area (Å²) < 4.78 is 27.4. The molecule has 29 heavy (non-hydrogen) atoms. The number of aromatic nitrogens is 3. The summed E-state index contributed by atoms with van der Waals surface area (Å²) in [4.78, 5) is 16.5. The molecule has 0 aliphatic carbocycles. The van der Waals surface area contributed by atoms with Crippen LogP contribution in [0.3, 0.4) is 0 Å². The van der Waals surface area contributed by atoms with E-state index in [1.165, 1.54) is 10.4 Å². The molecule has 1 aliphatic rings. The van der Waals surface area contributed by atoms with E-state index in [-0.39, 0.29) is 23.9 Å². The number of rotatable bonds is 5. The Kier molecular flexibility index (Phi) is 4.99. The molecule has 2 aromatic heterocycles. The van der Waals surface area contributed by atoms with E-state index in [1.54, 1.807) is 55.7 Å². The van der Waals surface area contributed by atoms with Gasteiger partial charge in [-0.05, 0) is 36.3 Å². The van der Waals surface area contributed by atoms with Gasteiger partial charge in [-0.1, -0.05) is 24.3 Å². The van der Waals surface area contributed by atoms with Crippen LogP contribution >= 0.6 is 0 Å². The highest BCUT2D eigenvalue weighted by Crippen LogP contribution is 2.32. The molecule has 0 saturated heterocycles. The molecule has 0 radical (unpaired) electrons. The molecule has 0 spiro atoms. The number of aryl methyl sites for hydroxylation is 1. The number of carbonyl (C=O) groups excluding carboxylic acids is 1. The second-order valence-electron chi connectivity index (χ2n) is 6.68. The maximum atomic E-state index is 13.0. The average molecular weight is 409 g/mol. The molecule has 1 aliphatic heterocycles. The van der Waals surface area contributed by atoms with Gasteiger partial charge in [-0.2, -0.15) is 9.40 Å². The standard InChI is InChI=1S/C20H19N5O3S/c1-14-5-2-3-7-18(14)29(27,28)25-12-16-17(13-25)23-24-20(16)22-19(26)9-8-15-6-4-10-21-11-15/h2-11H,12-13H2,1H3,(H2,22,23,24,26)/b9-8+. The first kappa shape index (κ1) is 19.0. The van der Waals surface area contributed by atoms with Gasteiger partial charge in [0.05, 0.1) is 17.1 Å². The van der Waals surface area contributed by atoms with Crippen LogP contribution in [-0.2, 0) is 27.9 Å². The van der Waals surface area contributed by atoms with Crippen molar-refractivity contribution in [1.82, 2.24) is 19.5 Å². The fraction of sp³-hybridized carbons (Fsp3) is 0.150. The Morgan fingerprint density at radius 3 is 2.79 bits per heavy atom. The SMILES string of the molecule is Cc1ccccc1S(=O)(=O)N1Cc2[nH]nc(NC(=O)/C=C/c3cccnc3)c2C1. The van der Waals surface area contributed by atoms with Crippen LogP contribution in [0.1, 0.15) is 22.4 Å². The van der Waals surface area contributed by atoms with Gasteiger partial charge in [0, 0.05) is 30.6 Å². The zero-order chi connectivity index (χ0) is 20.4. The van der Waals surface area contributed by atoms with Crippen molar-refractivity contribution in [3.05, 3.63) is 77.3 Å². The van der Waals surface area contributed by atoms with Gasteiger partial charge >= 0.3 is 0 Å². The highest BCUT2D eigenvalue weighted by atomic mass is 32.2. The number of pyridine rings is 1. The first-order valence-corrected chi connectivity index (χ1v) is 10.4. The zero-order valence-corrected chi connectivity index (χ0v) is 16.5. The molecule has 0 saturated carbocycles. The fourth-order valence-electron chi connectivity index (χ4n) is 3.17. The normalized spacial score (nSPS) is 14.2. The van der Waals surface area contributed by atoms with Crippen LogP contribution in [0.4, 0.5) is 5.82 Å². The van der Waals surface area contributed by atoms with Crippen LogP contribution in [0.5, 0.6) is 0 Å². The van der Waals surface area contributed by atoms with Crippen LogP contribution in [-0.4, -0.2) is 33.8 Å². The van der Waals surface area contributed by atoms with E-state index >= 15 is 0 Å². The maximum absolute atomic E-state index is 13.0. The van der Waals surface area contributed by atoms with E-state index in [4.69, 9.17) is 0 Å². The van der Waals surface area contributed by atoms with Gasteiger partial charge in [0.2, 0.25) is 15.9 Å². The fourth-order valence-corrected chi connectivity index (χ4v) is 4.78. The third-order valence-corrected chi connectivity index (χ3v) is 6.64. The summed E-state index contributed by atoms with van der Waals surface area (Å²) in [6.07, 6.45) is 6.32. The molecule has 0 atom stereocenters. The number of aromatic amines is 1. The molecule has 0 unspecified atom stereocenters. The summed E-state index contributed by atoms with van der Waals surface area (Å²) >= 11 is 0. The molecule has 148 valence electrons. The number of sulfonamides is 1. The van der Waals surface area contributed by atoms with Crippen molar-refractivity contribution in [2.75, 3.05) is 5.32 Å². The summed E-state index contributed by atoms with van der Waals surface area (Å²) in [5.41, 5.74) is 2.83. The largest absolute Gasteiger partial charge is 0.305 e. The molecule has 2 N–H and O–H groups in total. The monoisotopic (exact) mass is 409 g/mol. The van der Waals surface area contributed by atoms with Gasteiger partial charge < -0.3 is 5.32 Å². The molecule has 0 fully saturated rings. The number of fused-ring (bicyclic) bond motifs is 1. The number of anilines is 1. The van der Waals surface area contributed by atoms with E-state index in [1.807, 2.05) is 6.07 Å². The molecule has 8 nitrogen and oxygen atoms in total. The van der Waals surface area contributed by atoms with Crippen molar-refractivity contribution in [2.45, 2.75) is 24.9 Å². The highest BCUT2D eigenvalue weighted by molar-refractivity contribution is 7.89. The predicted octanol–water partition coefficient (Wildman–Crippen LogP) is 2.47. The smallest absolute Gasteiger partial charge is 0.249 e. The molecule has 0 bridgehead atoms. The van der Waals surface area contributed by atoms with E-state index in [0.717, 1.165) is 5.56 Å². The number of hydrogen-bond donors (Lipinski definition) is 2. The lowest BCUT2D eigenvalue weighted by Crippen LogP contribution is -2.27. The Morgan fingerprint density at radius 1 is 1.21 bits per heavy atom. The minimum Gasteiger partial charge on any atom is -0.305 e. The Morgan fingerprint density at radius 2 is 2.03 bits per heavy atom. The predicted molar refractivity (Wildman–Crippen MR) is 108 cm³/mol. The van der Waals surface area contributed by atoms with Crippen molar-refractivity contribution < 1.29 is 13.2 Å². The van der Waals surface area contributed by atoms with Crippen LogP contribution in [0, 0.1) is 6.92 Å². The molecule has 9 heteroatoms. The first-order valence-electron chi connectivity index (χ1n) is 8.96. The van der Waals surface area contributed by atoms with Gasteiger partial charge in [-0.3, -0.25) is 14.9 Å². The third-order valence-electron chi connectivity index (χ3n) is 4.69. The number of hydrogen-bond acceptors (Lipinski definition) is 5. The van der Waals surface area contributed by atoms with Crippen LogP contribution in [0.15, 0.2) is 59.8 Å². The molecular weight excluding hydrogens is 390 g/mol. The van der Waals surface area contributed by atoms with E-state index < -0.39 is 10.0 Å². The number of nitrogens with zero attached hydrogens (tertiary/aromatic N) is 3. The van der Waals surface area contributed by atoms with Crippen molar-refractivity contribution in [1.29, 1.82) is 0 Å². The zero-order valence-electron chi connectivity index (χ0n) is 15.7. The third kappa shape index (κ3) is 3.82. The van der Waals surface area contributed by atoms with E-state index in [0.29, 0.717) is 22.6 Å². The minimum atomic E-state index is -3.65. The second kappa shape index (κ2) is 7.61. The number of amides is 1.